The van der Waals surface area contributed by atoms with Crippen LogP contribution in [0.1, 0.15) is 0 Å². The number of benzene rings is 10. The molecular weight excluding hydrogens is 905 g/mol. The van der Waals surface area contributed by atoms with Crippen molar-refractivity contribution in [2.24, 2.45) is 7.05 Å². The average molecular weight is 949 g/mol. The molecule has 15 rings (SSSR count). The van der Waals surface area contributed by atoms with Crippen molar-refractivity contribution in [2.75, 3.05) is 0 Å². The summed E-state index contributed by atoms with van der Waals surface area (Å²) in [6.07, 6.45) is 5.71. The van der Waals surface area contributed by atoms with E-state index in [-0.39, 0.29) is 0 Å². The summed E-state index contributed by atoms with van der Waals surface area (Å²) in [7, 11) is 2.20. The van der Waals surface area contributed by atoms with Crippen LogP contribution in [-0.4, -0.2) is 23.3 Å². The summed E-state index contributed by atoms with van der Waals surface area (Å²) in [5, 5.41) is 7.09. The highest BCUT2D eigenvalue weighted by Gasteiger charge is 2.28. The number of hydrogen-bond donors (Lipinski definition) is 0. The lowest BCUT2D eigenvalue weighted by atomic mass is 9.95. The van der Waals surface area contributed by atoms with E-state index in [4.69, 9.17) is 9.72 Å². The molecule has 0 radical (unpaired) electrons. The van der Waals surface area contributed by atoms with Gasteiger partial charge in [-0.25, -0.2) is 4.98 Å². The minimum atomic E-state index is 0.708. The molecule has 0 aliphatic carbocycles. The molecule has 7 nitrogen and oxygen atoms in total. The van der Waals surface area contributed by atoms with Gasteiger partial charge in [-0.2, -0.15) is 0 Å². The zero-order chi connectivity index (χ0) is 48.9. The third-order valence-electron chi connectivity index (χ3n) is 14.8. The summed E-state index contributed by atoms with van der Waals surface area (Å²) in [4.78, 5) is 5.06. The first-order chi connectivity index (χ1) is 36.7. The standard InChI is InChI=1S/C67H44N6O/c1-69-55-33-13-11-29-52(55)63-65-61(53-30-12-14-34-56(53)72(65)46-25-9-4-10-26-46)62-54-39-38-49(42-59(54)73(67(62)66(63)69)60-37-17-18-40-68-60)74-48-28-19-27-47(41-48)70-43-71(58-36-16-15-35-57(58)70)64-50(44-21-5-2-6-22-44)31-20-32-51(64)45-23-7-3-8-24-45/h2-42H,1H3. The predicted octanol–water partition coefficient (Wildman–Crippen LogP) is 16.1. The number of nitrogens with zero attached hydrogens (tertiary/aromatic N) is 6. The number of ether oxygens (including phenoxy) is 1. The first-order valence-corrected chi connectivity index (χ1v) is 25.0. The van der Waals surface area contributed by atoms with Gasteiger partial charge in [-0.05, 0) is 89.0 Å². The number of imidazole rings is 1. The van der Waals surface area contributed by atoms with Crippen LogP contribution in [0.4, 0.5) is 0 Å². The highest BCUT2D eigenvalue weighted by atomic mass is 16.5. The smallest absolute Gasteiger partial charge is 0.269 e. The fourth-order valence-corrected chi connectivity index (χ4v) is 11.7. The number of hydrogen-bond acceptors (Lipinski definition) is 2. The summed E-state index contributed by atoms with van der Waals surface area (Å²) in [6.45, 7) is 0. The molecular formula is C67H44N6O. The molecule has 5 heterocycles. The van der Waals surface area contributed by atoms with E-state index in [1.165, 1.54) is 32.4 Å². The number of para-hydroxylation sites is 6. The van der Waals surface area contributed by atoms with Gasteiger partial charge in [0.15, 0.2) is 0 Å². The van der Waals surface area contributed by atoms with E-state index in [1.807, 2.05) is 18.3 Å². The fraction of sp³-hybridized carbons (Fsp3) is 0.0149. The van der Waals surface area contributed by atoms with Crippen molar-refractivity contribution < 1.29 is 9.30 Å². The second-order valence-electron chi connectivity index (χ2n) is 18.9. The molecule has 0 fully saturated rings. The van der Waals surface area contributed by atoms with Gasteiger partial charge < -0.3 is 13.9 Å². The van der Waals surface area contributed by atoms with Gasteiger partial charge in [-0.3, -0.25) is 13.7 Å². The minimum Gasteiger partial charge on any atom is -0.458 e. The Labute approximate surface area is 425 Å². The Hall–Kier alpha value is -9.98. The molecule has 0 bridgehead atoms. The van der Waals surface area contributed by atoms with Crippen LogP contribution in [0.15, 0.2) is 249 Å². The summed E-state index contributed by atoms with van der Waals surface area (Å²) in [5.41, 5.74) is 16.4. The van der Waals surface area contributed by atoms with Crippen molar-refractivity contribution in [1.82, 2.24) is 23.3 Å². The van der Waals surface area contributed by atoms with Gasteiger partial charge in [0.2, 0.25) is 0 Å². The van der Waals surface area contributed by atoms with E-state index in [1.54, 1.807) is 0 Å². The molecule has 0 saturated heterocycles. The highest BCUT2D eigenvalue weighted by Crippen LogP contribution is 2.50. The van der Waals surface area contributed by atoms with Crippen LogP contribution in [0, 0.1) is 6.33 Å². The number of rotatable bonds is 8. The largest absolute Gasteiger partial charge is 0.458 e. The molecule has 0 spiro atoms. The number of pyridine rings is 1. The Morgan fingerprint density at radius 2 is 1.03 bits per heavy atom. The molecule has 348 valence electrons. The Balaban J connectivity index is 0.938. The van der Waals surface area contributed by atoms with E-state index < -0.39 is 0 Å². The molecule has 5 aromatic heterocycles. The van der Waals surface area contributed by atoms with Gasteiger partial charge in [-0.15, -0.1) is 0 Å². The van der Waals surface area contributed by atoms with Crippen molar-refractivity contribution >= 4 is 76.5 Å². The molecule has 0 amide bonds. The molecule has 0 unspecified atom stereocenters. The average Bonchev–Trinajstić information content (AvgIpc) is 4.20. The number of aryl methyl sites for hydroxylation is 1. The van der Waals surface area contributed by atoms with Gasteiger partial charge in [0.05, 0.1) is 50.0 Å². The molecule has 0 aliphatic rings. The molecule has 10 aromatic carbocycles. The van der Waals surface area contributed by atoms with E-state index in [0.717, 1.165) is 89.1 Å². The molecule has 0 N–H and O–H groups in total. The van der Waals surface area contributed by atoms with Gasteiger partial charge in [-0.1, -0.05) is 170 Å². The summed E-state index contributed by atoms with van der Waals surface area (Å²) in [6, 6.07) is 85.7. The molecule has 7 heteroatoms. The highest BCUT2D eigenvalue weighted by molar-refractivity contribution is 6.40. The first-order valence-electron chi connectivity index (χ1n) is 25.0. The van der Waals surface area contributed by atoms with E-state index in [9.17, 15) is 0 Å². The van der Waals surface area contributed by atoms with Crippen LogP contribution in [0.25, 0.3) is 122 Å². The summed E-state index contributed by atoms with van der Waals surface area (Å²) in [5.74, 6) is 2.25. The minimum absolute atomic E-state index is 0.708. The number of fused-ring (bicyclic) bond motifs is 13. The van der Waals surface area contributed by atoms with Crippen LogP contribution in [0.3, 0.4) is 0 Å². The van der Waals surface area contributed by atoms with Crippen molar-refractivity contribution in [3.05, 3.63) is 255 Å². The Bertz CT molecular complexity index is 4620. The third-order valence-corrected chi connectivity index (χ3v) is 14.8. The van der Waals surface area contributed by atoms with Crippen molar-refractivity contribution in [3.63, 3.8) is 0 Å². The maximum absolute atomic E-state index is 6.99. The molecule has 15 aromatic rings. The van der Waals surface area contributed by atoms with Gasteiger partial charge in [0.25, 0.3) is 6.33 Å². The van der Waals surface area contributed by atoms with Crippen LogP contribution >= 0.6 is 0 Å². The van der Waals surface area contributed by atoms with Crippen molar-refractivity contribution in [1.29, 1.82) is 0 Å². The Kier molecular flexibility index (Phi) is 9.34. The van der Waals surface area contributed by atoms with Crippen LogP contribution in [0.5, 0.6) is 11.5 Å². The zero-order valence-electron chi connectivity index (χ0n) is 40.3. The second-order valence-corrected chi connectivity index (χ2v) is 18.9. The molecule has 74 heavy (non-hydrogen) atoms. The maximum atomic E-state index is 6.99. The van der Waals surface area contributed by atoms with Crippen LogP contribution < -0.4 is 9.30 Å². The lowest BCUT2D eigenvalue weighted by Gasteiger charge is -2.17. The molecule has 0 saturated carbocycles. The monoisotopic (exact) mass is 948 g/mol. The second kappa shape index (κ2) is 16.6. The summed E-state index contributed by atoms with van der Waals surface area (Å²) >= 11 is 0. The van der Waals surface area contributed by atoms with Gasteiger partial charge in [0.1, 0.15) is 17.3 Å². The third kappa shape index (κ3) is 6.26. The Morgan fingerprint density at radius 3 is 1.76 bits per heavy atom. The lowest BCUT2D eigenvalue weighted by Crippen LogP contribution is -2.29. The SMILES string of the molecule is Cn1c2ccccc2c2c1c1c(c3ccc(Oc4cccc(-[n+]5[c-]n(-c6c(-c7ccccc7)cccc6-c6ccccc6)c6ccccc65)c4)cc3n1-c1ccccn1)c1c3ccccc3n(-c3ccccc3)c12. The van der Waals surface area contributed by atoms with Crippen LogP contribution in [-0.2, 0) is 7.05 Å². The fourth-order valence-electron chi connectivity index (χ4n) is 11.7. The molecule has 0 aliphatic heterocycles. The van der Waals surface area contributed by atoms with Crippen molar-refractivity contribution in [2.45, 2.75) is 0 Å². The van der Waals surface area contributed by atoms with Gasteiger partial charge >= 0.3 is 0 Å². The number of aromatic nitrogens is 6. The topological polar surface area (TPSA) is 45.7 Å². The maximum Gasteiger partial charge on any atom is 0.269 e. The lowest BCUT2D eigenvalue weighted by molar-refractivity contribution is -0.572. The Morgan fingerprint density at radius 1 is 0.432 bits per heavy atom. The quantitative estimate of drug-likeness (QED) is 0.113. The normalized spacial score (nSPS) is 11.9. The molecule has 0 atom stereocenters. The first kappa shape index (κ1) is 41.8. The predicted molar refractivity (Wildman–Crippen MR) is 301 cm³/mol. The summed E-state index contributed by atoms with van der Waals surface area (Å²) < 4.78 is 18.5. The van der Waals surface area contributed by atoms with E-state index >= 15 is 0 Å². The van der Waals surface area contributed by atoms with Crippen LogP contribution in [0.2, 0.25) is 0 Å². The van der Waals surface area contributed by atoms with Crippen molar-refractivity contribution in [3.8, 4) is 56.6 Å². The van der Waals surface area contributed by atoms with E-state index in [0.29, 0.717) is 11.5 Å². The zero-order valence-corrected chi connectivity index (χ0v) is 40.3. The van der Waals surface area contributed by atoms with E-state index in [2.05, 4.69) is 267 Å². The van der Waals surface area contributed by atoms with Gasteiger partial charge in [0, 0.05) is 62.8 Å².